The number of nitrogens with zero attached hydrogens (tertiary/aromatic N) is 2. The molecule has 1 aromatic rings. The van der Waals surface area contributed by atoms with Gasteiger partial charge >= 0.3 is 0 Å². The van der Waals surface area contributed by atoms with Gasteiger partial charge in [0.1, 0.15) is 11.0 Å². The lowest BCUT2D eigenvalue weighted by atomic mass is 10.1. The van der Waals surface area contributed by atoms with Crippen molar-refractivity contribution in [3.8, 4) is 0 Å². The van der Waals surface area contributed by atoms with Crippen molar-refractivity contribution in [3.05, 3.63) is 16.5 Å². The molecule has 0 saturated carbocycles. The van der Waals surface area contributed by atoms with Gasteiger partial charge in [0.15, 0.2) is 0 Å². The van der Waals surface area contributed by atoms with Gasteiger partial charge in [0.2, 0.25) is 11.2 Å². The second kappa shape index (κ2) is 6.31. The zero-order chi connectivity index (χ0) is 13.0. The second-order valence-electron chi connectivity index (χ2n) is 4.19. The Morgan fingerprint density at radius 2 is 2.17 bits per heavy atom. The van der Waals surface area contributed by atoms with Crippen LogP contribution in [0.4, 0.5) is 5.82 Å². The molecule has 0 aliphatic carbocycles. The monoisotopic (exact) mass is 288 g/mol. The van der Waals surface area contributed by atoms with Crippen LogP contribution >= 0.6 is 23.2 Å². The largest absolute Gasteiger partial charge is 0.309 e. The summed E-state index contributed by atoms with van der Waals surface area (Å²) in [5, 5.41) is 6.14. The number of hydrogen-bond donors (Lipinski definition) is 2. The molecule has 0 aromatic carbocycles. The fraction of sp³-hybridized carbons (Fsp3) is 0.545. The molecule has 1 aliphatic heterocycles. The van der Waals surface area contributed by atoms with Gasteiger partial charge < -0.3 is 10.6 Å². The fourth-order valence-corrected chi connectivity index (χ4v) is 2.33. The molecular weight excluding hydrogens is 275 g/mol. The van der Waals surface area contributed by atoms with E-state index in [-0.39, 0.29) is 22.4 Å². The lowest BCUT2D eigenvalue weighted by Gasteiger charge is -2.15. The van der Waals surface area contributed by atoms with Gasteiger partial charge in [-0.3, -0.25) is 4.79 Å². The van der Waals surface area contributed by atoms with Gasteiger partial charge in [-0.15, -0.1) is 0 Å². The highest BCUT2D eigenvalue weighted by Gasteiger charge is 2.20. The van der Waals surface area contributed by atoms with Gasteiger partial charge in [0.05, 0.1) is 6.04 Å². The van der Waals surface area contributed by atoms with E-state index >= 15 is 0 Å². The van der Waals surface area contributed by atoms with E-state index in [0.717, 1.165) is 32.2 Å². The van der Waals surface area contributed by atoms with Gasteiger partial charge in [-0.1, -0.05) is 24.4 Å². The minimum atomic E-state index is -0.181. The predicted octanol–water partition coefficient (Wildman–Crippen LogP) is 2.25. The van der Waals surface area contributed by atoms with Crippen LogP contribution in [0.15, 0.2) is 6.07 Å². The summed E-state index contributed by atoms with van der Waals surface area (Å²) in [6.45, 7) is 0.864. The van der Waals surface area contributed by atoms with Crippen molar-refractivity contribution < 1.29 is 4.79 Å². The number of carbonyl (C=O) groups excluding carboxylic acids is 1. The standard InChI is InChI=1S/C11H14Cl2N4O/c12-8-6-9(17-11(13)15-8)16-10(18)7-4-2-1-3-5-14-7/h6-7,14H,1-5H2,(H,15,16,17,18). The van der Waals surface area contributed by atoms with Crippen molar-refractivity contribution in [3.63, 3.8) is 0 Å². The van der Waals surface area contributed by atoms with Crippen LogP contribution < -0.4 is 10.6 Å². The zero-order valence-corrected chi connectivity index (χ0v) is 11.3. The molecule has 7 heteroatoms. The number of carbonyl (C=O) groups is 1. The molecule has 18 heavy (non-hydrogen) atoms. The molecule has 1 atom stereocenters. The highest BCUT2D eigenvalue weighted by molar-refractivity contribution is 6.32. The Kier molecular flexibility index (Phi) is 4.74. The molecule has 0 spiro atoms. The molecule has 1 aliphatic rings. The average molecular weight is 289 g/mol. The molecule has 98 valence electrons. The van der Waals surface area contributed by atoms with Crippen molar-refractivity contribution in [2.24, 2.45) is 0 Å². The van der Waals surface area contributed by atoms with Crippen LogP contribution in [-0.4, -0.2) is 28.5 Å². The summed E-state index contributed by atoms with van der Waals surface area (Å²) in [5.41, 5.74) is 0. The van der Waals surface area contributed by atoms with Crippen LogP contribution in [0.1, 0.15) is 25.7 Å². The molecule has 2 rings (SSSR count). The van der Waals surface area contributed by atoms with Gasteiger partial charge in [-0.25, -0.2) is 9.97 Å². The van der Waals surface area contributed by atoms with E-state index in [1.807, 2.05) is 0 Å². The summed E-state index contributed by atoms with van der Waals surface area (Å²) in [4.78, 5) is 19.6. The SMILES string of the molecule is O=C(Nc1cc(Cl)nc(Cl)n1)C1CCCCCN1. The number of aromatic nitrogens is 2. The number of nitrogens with one attached hydrogen (secondary N) is 2. The van der Waals surface area contributed by atoms with E-state index in [0.29, 0.717) is 5.82 Å². The summed E-state index contributed by atoms with van der Waals surface area (Å²) < 4.78 is 0. The van der Waals surface area contributed by atoms with Crippen LogP contribution in [0, 0.1) is 0 Å². The maximum Gasteiger partial charge on any atom is 0.242 e. The van der Waals surface area contributed by atoms with E-state index in [9.17, 15) is 4.79 Å². The average Bonchev–Trinajstić information content (AvgIpc) is 2.55. The fourth-order valence-electron chi connectivity index (χ4n) is 1.92. The van der Waals surface area contributed by atoms with Crippen LogP contribution in [0.5, 0.6) is 0 Å². The van der Waals surface area contributed by atoms with Crippen molar-refractivity contribution >= 4 is 34.9 Å². The Morgan fingerprint density at radius 3 is 2.94 bits per heavy atom. The van der Waals surface area contributed by atoms with E-state index in [1.54, 1.807) is 0 Å². The van der Waals surface area contributed by atoms with Gasteiger partial charge in [0.25, 0.3) is 0 Å². The molecule has 0 bridgehead atoms. The Balaban J connectivity index is 2.01. The molecule has 1 aromatic heterocycles. The first-order valence-corrected chi connectivity index (χ1v) is 6.65. The third-order valence-corrected chi connectivity index (χ3v) is 3.16. The Bertz CT molecular complexity index is 413. The zero-order valence-electron chi connectivity index (χ0n) is 9.75. The number of rotatable bonds is 2. The molecule has 5 nitrogen and oxygen atoms in total. The van der Waals surface area contributed by atoms with E-state index in [1.165, 1.54) is 6.07 Å². The van der Waals surface area contributed by atoms with Crippen LogP contribution in [0.25, 0.3) is 0 Å². The number of hydrogen-bond acceptors (Lipinski definition) is 4. The number of halogens is 2. The van der Waals surface area contributed by atoms with E-state index in [4.69, 9.17) is 23.2 Å². The van der Waals surface area contributed by atoms with Crippen molar-refractivity contribution in [1.82, 2.24) is 15.3 Å². The molecule has 1 fully saturated rings. The van der Waals surface area contributed by atoms with Gasteiger partial charge in [-0.05, 0) is 31.0 Å². The third-order valence-electron chi connectivity index (χ3n) is 2.80. The maximum absolute atomic E-state index is 12.0. The first kappa shape index (κ1) is 13.5. The lowest BCUT2D eigenvalue weighted by molar-refractivity contribution is -0.118. The van der Waals surface area contributed by atoms with Gasteiger partial charge in [0, 0.05) is 6.07 Å². The van der Waals surface area contributed by atoms with Crippen molar-refractivity contribution in [1.29, 1.82) is 0 Å². The molecule has 2 N–H and O–H groups in total. The minimum absolute atomic E-state index is 0.0200. The summed E-state index contributed by atoms with van der Waals surface area (Å²) in [5.74, 6) is 0.221. The number of anilines is 1. The summed E-state index contributed by atoms with van der Waals surface area (Å²) >= 11 is 11.4. The normalized spacial score (nSPS) is 20.2. The smallest absolute Gasteiger partial charge is 0.242 e. The van der Waals surface area contributed by atoms with Crippen LogP contribution in [0.2, 0.25) is 10.4 Å². The molecule has 2 heterocycles. The third kappa shape index (κ3) is 3.80. The summed E-state index contributed by atoms with van der Waals surface area (Å²) in [6.07, 6.45) is 4.14. The van der Waals surface area contributed by atoms with E-state index in [2.05, 4.69) is 20.6 Å². The molecule has 1 saturated heterocycles. The Hall–Kier alpha value is -0.910. The minimum Gasteiger partial charge on any atom is -0.309 e. The van der Waals surface area contributed by atoms with Crippen LogP contribution in [-0.2, 0) is 4.79 Å². The quantitative estimate of drug-likeness (QED) is 0.647. The molecule has 1 unspecified atom stereocenters. The first-order valence-electron chi connectivity index (χ1n) is 5.89. The topological polar surface area (TPSA) is 66.9 Å². The Morgan fingerprint density at radius 1 is 1.33 bits per heavy atom. The molecule has 0 radical (unpaired) electrons. The summed E-state index contributed by atoms with van der Waals surface area (Å²) in [7, 11) is 0. The molecular formula is C11H14Cl2N4O. The van der Waals surface area contributed by atoms with Gasteiger partial charge in [-0.2, -0.15) is 0 Å². The van der Waals surface area contributed by atoms with Crippen molar-refractivity contribution in [2.45, 2.75) is 31.7 Å². The number of amides is 1. The maximum atomic E-state index is 12.0. The van der Waals surface area contributed by atoms with Crippen LogP contribution in [0.3, 0.4) is 0 Å². The lowest BCUT2D eigenvalue weighted by Crippen LogP contribution is -2.40. The van der Waals surface area contributed by atoms with Crippen molar-refractivity contribution in [2.75, 3.05) is 11.9 Å². The second-order valence-corrected chi connectivity index (χ2v) is 4.92. The Labute approximate surface area is 115 Å². The highest BCUT2D eigenvalue weighted by atomic mass is 35.5. The summed E-state index contributed by atoms with van der Waals surface area (Å²) in [6, 6.07) is 1.29. The predicted molar refractivity (Wildman–Crippen MR) is 70.9 cm³/mol. The highest BCUT2D eigenvalue weighted by Crippen LogP contribution is 2.15. The van der Waals surface area contributed by atoms with E-state index < -0.39 is 0 Å². The first-order chi connectivity index (χ1) is 8.65. The molecule has 1 amide bonds.